The third-order valence-electron chi connectivity index (χ3n) is 5.84. The average molecular weight is 442 g/mol. The molecule has 2 amide bonds. The number of likely N-dealkylation sites (tertiary alicyclic amines) is 1. The zero-order valence-corrected chi connectivity index (χ0v) is 19.1. The molecule has 1 fully saturated rings. The van der Waals surface area contributed by atoms with Crippen LogP contribution in [-0.4, -0.2) is 54.5 Å². The predicted octanol–water partition coefficient (Wildman–Crippen LogP) is 2.99. The van der Waals surface area contributed by atoms with E-state index in [4.69, 9.17) is 9.47 Å². The van der Waals surface area contributed by atoms with Gasteiger partial charge >= 0.3 is 5.97 Å². The summed E-state index contributed by atoms with van der Waals surface area (Å²) in [5.74, 6) is -0.208. The number of rotatable bonds is 7. The van der Waals surface area contributed by atoms with Gasteiger partial charge in [0.2, 0.25) is 5.91 Å². The molecular weight excluding hydrogens is 410 g/mol. The molecule has 8 nitrogen and oxygen atoms in total. The summed E-state index contributed by atoms with van der Waals surface area (Å²) in [7, 11) is 1.61. The summed E-state index contributed by atoms with van der Waals surface area (Å²) < 4.78 is 10.3. The van der Waals surface area contributed by atoms with Gasteiger partial charge in [-0.2, -0.15) is 0 Å². The zero-order valence-electron chi connectivity index (χ0n) is 19.1. The number of ether oxygens (including phenoxy) is 2. The first-order valence-electron chi connectivity index (χ1n) is 10.9. The van der Waals surface area contributed by atoms with Gasteiger partial charge in [-0.05, 0) is 56.9 Å². The standard InChI is InChI=1S/C24H31N3O5/c1-5-32-24(30)20-15(2)21(26-16(20)3)23(29)27-12-6-7-18(14-27)22(28)25-13-17-8-10-19(31-4)11-9-17/h8-11,18,26H,5-7,12-14H2,1-4H3,(H,25,28)/t18-/m0/s1. The van der Waals surface area contributed by atoms with Gasteiger partial charge in [0.05, 0.1) is 25.2 Å². The highest BCUT2D eigenvalue weighted by atomic mass is 16.5. The van der Waals surface area contributed by atoms with Crippen molar-refractivity contribution < 1.29 is 23.9 Å². The molecule has 1 aliphatic rings. The first-order valence-corrected chi connectivity index (χ1v) is 10.9. The lowest BCUT2D eigenvalue weighted by Crippen LogP contribution is -2.45. The Hall–Kier alpha value is -3.29. The van der Waals surface area contributed by atoms with Crippen LogP contribution in [0.25, 0.3) is 0 Å². The van der Waals surface area contributed by atoms with Gasteiger partial charge in [-0.3, -0.25) is 9.59 Å². The molecule has 1 atom stereocenters. The predicted molar refractivity (Wildman–Crippen MR) is 120 cm³/mol. The second-order valence-electron chi connectivity index (χ2n) is 8.00. The second-order valence-corrected chi connectivity index (χ2v) is 8.00. The largest absolute Gasteiger partial charge is 0.497 e. The zero-order chi connectivity index (χ0) is 23.3. The molecule has 8 heteroatoms. The molecule has 0 spiro atoms. The van der Waals surface area contributed by atoms with Gasteiger partial charge < -0.3 is 24.7 Å². The summed E-state index contributed by atoms with van der Waals surface area (Å²) >= 11 is 0. The van der Waals surface area contributed by atoms with Gasteiger partial charge in [-0.1, -0.05) is 12.1 Å². The summed E-state index contributed by atoms with van der Waals surface area (Å²) in [5.41, 5.74) is 2.95. The highest BCUT2D eigenvalue weighted by Crippen LogP contribution is 2.24. The lowest BCUT2D eigenvalue weighted by molar-refractivity contribution is -0.126. The van der Waals surface area contributed by atoms with Crippen LogP contribution >= 0.6 is 0 Å². The van der Waals surface area contributed by atoms with Gasteiger partial charge in [0.1, 0.15) is 11.4 Å². The van der Waals surface area contributed by atoms with Crippen molar-refractivity contribution in [3.8, 4) is 5.75 Å². The summed E-state index contributed by atoms with van der Waals surface area (Å²) in [6, 6.07) is 7.53. The number of carbonyl (C=O) groups is 3. The van der Waals surface area contributed by atoms with Crippen molar-refractivity contribution in [1.82, 2.24) is 15.2 Å². The molecule has 0 unspecified atom stereocenters. The lowest BCUT2D eigenvalue weighted by atomic mass is 9.96. The van der Waals surface area contributed by atoms with E-state index in [9.17, 15) is 14.4 Å². The van der Waals surface area contributed by atoms with E-state index in [1.165, 1.54) is 0 Å². The van der Waals surface area contributed by atoms with Crippen LogP contribution in [0.2, 0.25) is 0 Å². The lowest BCUT2D eigenvalue weighted by Gasteiger charge is -2.32. The topological polar surface area (TPSA) is 101 Å². The van der Waals surface area contributed by atoms with Crippen LogP contribution in [0.5, 0.6) is 5.75 Å². The molecule has 0 bridgehead atoms. The number of amides is 2. The van der Waals surface area contributed by atoms with Crippen molar-refractivity contribution in [1.29, 1.82) is 0 Å². The number of H-pyrrole nitrogens is 1. The number of carbonyl (C=O) groups excluding carboxylic acids is 3. The number of hydrogen-bond donors (Lipinski definition) is 2. The first kappa shape index (κ1) is 23.4. The van der Waals surface area contributed by atoms with Crippen LogP contribution < -0.4 is 10.1 Å². The highest BCUT2D eigenvalue weighted by molar-refractivity contribution is 6.00. The molecule has 0 saturated carbocycles. The molecule has 2 N–H and O–H groups in total. The first-order chi connectivity index (χ1) is 15.3. The van der Waals surface area contributed by atoms with E-state index in [2.05, 4.69) is 10.3 Å². The van der Waals surface area contributed by atoms with E-state index in [1.807, 2.05) is 24.3 Å². The van der Waals surface area contributed by atoms with Gasteiger partial charge in [0.25, 0.3) is 5.91 Å². The van der Waals surface area contributed by atoms with Crippen LogP contribution in [0, 0.1) is 19.8 Å². The van der Waals surface area contributed by atoms with E-state index < -0.39 is 5.97 Å². The average Bonchev–Trinajstić information content (AvgIpc) is 3.11. The molecule has 32 heavy (non-hydrogen) atoms. The number of nitrogens with zero attached hydrogens (tertiary/aromatic N) is 1. The third kappa shape index (κ3) is 5.12. The molecule has 2 aromatic rings. The second kappa shape index (κ2) is 10.3. The molecule has 0 radical (unpaired) electrons. The molecule has 3 rings (SSSR count). The van der Waals surface area contributed by atoms with Crippen molar-refractivity contribution in [3.05, 3.63) is 52.3 Å². The Kier molecular flexibility index (Phi) is 7.56. The quantitative estimate of drug-likeness (QED) is 0.644. The number of aromatic nitrogens is 1. The van der Waals surface area contributed by atoms with Crippen molar-refractivity contribution in [2.45, 2.75) is 40.2 Å². The van der Waals surface area contributed by atoms with Crippen LogP contribution in [-0.2, 0) is 16.1 Å². The Labute approximate surface area is 188 Å². The van der Waals surface area contributed by atoms with Crippen molar-refractivity contribution in [2.75, 3.05) is 26.8 Å². The van der Waals surface area contributed by atoms with Crippen LogP contribution in [0.1, 0.15) is 57.4 Å². The van der Waals surface area contributed by atoms with E-state index in [-0.39, 0.29) is 24.3 Å². The summed E-state index contributed by atoms with van der Waals surface area (Å²) in [4.78, 5) is 42.9. The maximum atomic E-state index is 13.2. The number of methoxy groups -OCH3 is 1. The van der Waals surface area contributed by atoms with Crippen molar-refractivity contribution >= 4 is 17.8 Å². The van der Waals surface area contributed by atoms with Crippen LogP contribution in [0.3, 0.4) is 0 Å². The van der Waals surface area contributed by atoms with Gasteiger partial charge in [-0.25, -0.2) is 4.79 Å². The number of aromatic amines is 1. The summed E-state index contributed by atoms with van der Waals surface area (Å²) in [5, 5.41) is 2.97. The number of hydrogen-bond acceptors (Lipinski definition) is 5. The summed E-state index contributed by atoms with van der Waals surface area (Å²) in [6.07, 6.45) is 1.48. The molecule has 1 aliphatic heterocycles. The highest BCUT2D eigenvalue weighted by Gasteiger charge is 2.31. The Morgan fingerprint density at radius 1 is 1.19 bits per heavy atom. The number of aryl methyl sites for hydroxylation is 1. The van der Waals surface area contributed by atoms with Crippen LogP contribution in [0.15, 0.2) is 24.3 Å². The Balaban J connectivity index is 1.63. The minimum atomic E-state index is -0.438. The Morgan fingerprint density at radius 3 is 2.56 bits per heavy atom. The SMILES string of the molecule is CCOC(=O)c1c(C)[nH]c(C(=O)N2CCC[C@H](C(=O)NCc3ccc(OC)cc3)C2)c1C. The number of benzene rings is 1. The summed E-state index contributed by atoms with van der Waals surface area (Å²) in [6.45, 7) is 6.85. The van der Waals surface area contributed by atoms with Gasteiger partial charge in [0.15, 0.2) is 0 Å². The van der Waals surface area contributed by atoms with E-state index in [0.717, 1.165) is 24.2 Å². The van der Waals surface area contributed by atoms with Crippen molar-refractivity contribution in [3.63, 3.8) is 0 Å². The fourth-order valence-electron chi connectivity index (χ4n) is 4.08. The maximum absolute atomic E-state index is 13.2. The Bertz CT molecular complexity index is 980. The van der Waals surface area contributed by atoms with Gasteiger partial charge in [0, 0.05) is 25.3 Å². The molecule has 2 heterocycles. The minimum absolute atomic E-state index is 0.0649. The Morgan fingerprint density at radius 2 is 1.91 bits per heavy atom. The molecular formula is C24H31N3O5. The number of nitrogens with one attached hydrogen (secondary N) is 2. The normalized spacial score (nSPS) is 15.9. The molecule has 172 valence electrons. The number of piperidine rings is 1. The fraction of sp³-hybridized carbons (Fsp3) is 0.458. The van der Waals surface area contributed by atoms with E-state index in [0.29, 0.717) is 42.1 Å². The van der Waals surface area contributed by atoms with E-state index >= 15 is 0 Å². The van der Waals surface area contributed by atoms with E-state index in [1.54, 1.807) is 32.8 Å². The monoisotopic (exact) mass is 441 g/mol. The smallest absolute Gasteiger partial charge is 0.340 e. The van der Waals surface area contributed by atoms with Gasteiger partial charge in [-0.15, -0.1) is 0 Å². The fourth-order valence-corrected chi connectivity index (χ4v) is 4.08. The minimum Gasteiger partial charge on any atom is -0.497 e. The molecule has 1 saturated heterocycles. The molecule has 1 aromatic carbocycles. The number of esters is 1. The van der Waals surface area contributed by atoms with Crippen LogP contribution in [0.4, 0.5) is 0 Å². The molecule has 0 aliphatic carbocycles. The molecule has 1 aromatic heterocycles. The van der Waals surface area contributed by atoms with Crippen molar-refractivity contribution in [2.24, 2.45) is 5.92 Å². The maximum Gasteiger partial charge on any atom is 0.340 e. The third-order valence-corrected chi connectivity index (χ3v) is 5.84.